The van der Waals surface area contributed by atoms with Crippen LogP contribution < -0.4 is 19.9 Å². The molecule has 1 saturated carbocycles. The van der Waals surface area contributed by atoms with E-state index in [1.54, 1.807) is 6.07 Å². The Morgan fingerprint density at radius 3 is 2.33 bits per heavy atom. The van der Waals surface area contributed by atoms with E-state index < -0.39 is 22.2 Å². The SMILES string of the molecule is CC(C)Oc1ccc(S(N)(=O)=O)cc1Nc1nc(-c2ccc(OCCN3CCN(C4CC4)CC3)cc2)cs1.O=C(O)C(F)(F)F. The van der Waals surface area contributed by atoms with Crippen LogP contribution in [0.15, 0.2) is 52.7 Å². The Balaban J connectivity index is 0.000000591. The molecule has 1 aliphatic heterocycles. The van der Waals surface area contributed by atoms with E-state index in [4.69, 9.17) is 24.5 Å². The number of hydrogen-bond donors (Lipinski definition) is 3. The summed E-state index contributed by atoms with van der Waals surface area (Å²) in [5, 5.41) is 18.2. The van der Waals surface area contributed by atoms with Gasteiger partial charge in [-0.1, -0.05) is 0 Å². The topological polar surface area (TPSA) is 147 Å². The molecule has 1 saturated heterocycles. The fraction of sp³-hybridized carbons (Fsp3) is 0.448. The second-order valence-electron chi connectivity index (χ2n) is 10.8. The van der Waals surface area contributed by atoms with Crippen LogP contribution in [0.4, 0.5) is 24.0 Å². The van der Waals surface area contributed by atoms with Crippen molar-refractivity contribution in [2.45, 2.75) is 49.9 Å². The number of ether oxygens (including phenoxy) is 2. The van der Waals surface area contributed by atoms with E-state index in [2.05, 4.69) is 20.1 Å². The van der Waals surface area contributed by atoms with E-state index >= 15 is 0 Å². The molecule has 0 radical (unpaired) electrons. The van der Waals surface area contributed by atoms with Crippen LogP contribution in [0.2, 0.25) is 0 Å². The summed E-state index contributed by atoms with van der Waals surface area (Å²) in [6.45, 7) is 10.0. The van der Waals surface area contributed by atoms with Crippen LogP contribution >= 0.6 is 11.3 Å². The molecule has 11 nitrogen and oxygen atoms in total. The second kappa shape index (κ2) is 14.8. The first kappa shape index (κ1) is 34.4. The Morgan fingerprint density at radius 2 is 1.78 bits per heavy atom. The third-order valence-corrected chi connectivity index (χ3v) is 8.60. The Hall–Kier alpha value is -3.44. The van der Waals surface area contributed by atoms with Gasteiger partial charge in [0.25, 0.3) is 0 Å². The van der Waals surface area contributed by atoms with Gasteiger partial charge in [-0.2, -0.15) is 13.2 Å². The number of hydrogen-bond acceptors (Lipinski definition) is 10. The normalized spacial score (nSPS) is 16.2. The highest BCUT2D eigenvalue weighted by Crippen LogP contribution is 2.34. The third kappa shape index (κ3) is 10.6. The number of alkyl halides is 3. The minimum absolute atomic E-state index is 0.00370. The Kier molecular flexibility index (Phi) is 11.3. The average Bonchev–Trinajstić information content (AvgIpc) is 3.72. The van der Waals surface area contributed by atoms with E-state index in [9.17, 15) is 21.6 Å². The predicted molar refractivity (Wildman–Crippen MR) is 165 cm³/mol. The molecule has 0 spiro atoms. The van der Waals surface area contributed by atoms with Crippen LogP contribution in [0.25, 0.3) is 11.3 Å². The maximum atomic E-state index is 11.9. The lowest BCUT2D eigenvalue weighted by molar-refractivity contribution is -0.192. The number of nitrogens with two attached hydrogens (primary N) is 1. The molecule has 2 heterocycles. The molecule has 2 aliphatic rings. The number of aromatic nitrogens is 1. The minimum Gasteiger partial charge on any atom is -0.492 e. The van der Waals surface area contributed by atoms with Gasteiger partial charge in [-0.3, -0.25) is 9.80 Å². The highest BCUT2D eigenvalue weighted by atomic mass is 32.2. The van der Waals surface area contributed by atoms with Crippen LogP contribution in [0.5, 0.6) is 11.5 Å². The van der Waals surface area contributed by atoms with Gasteiger partial charge in [0, 0.05) is 49.7 Å². The van der Waals surface area contributed by atoms with E-state index in [0.717, 1.165) is 42.7 Å². The number of primary sulfonamides is 1. The summed E-state index contributed by atoms with van der Waals surface area (Å²) in [4.78, 5) is 18.7. The van der Waals surface area contributed by atoms with Crippen LogP contribution in [-0.2, 0) is 14.8 Å². The molecule has 246 valence electrons. The first-order valence-corrected chi connectivity index (χ1v) is 16.7. The Labute approximate surface area is 263 Å². The first-order chi connectivity index (χ1) is 21.2. The van der Waals surface area contributed by atoms with Crippen molar-refractivity contribution in [1.82, 2.24) is 14.8 Å². The molecular weight excluding hydrogens is 635 g/mol. The zero-order chi connectivity index (χ0) is 32.8. The molecule has 3 aromatic rings. The molecule has 2 aromatic carbocycles. The van der Waals surface area contributed by atoms with Gasteiger partial charge in [0.05, 0.1) is 22.4 Å². The highest BCUT2D eigenvalue weighted by Gasteiger charge is 2.38. The number of rotatable bonds is 11. The van der Waals surface area contributed by atoms with Crippen molar-refractivity contribution in [3.8, 4) is 22.8 Å². The van der Waals surface area contributed by atoms with Crippen molar-refractivity contribution >= 4 is 38.1 Å². The van der Waals surface area contributed by atoms with Crippen LogP contribution in [-0.4, -0.2) is 91.9 Å². The van der Waals surface area contributed by atoms with Crippen molar-refractivity contribution in [1.29, 1.82) is 0 Å². The number of halogens is 3. The van der Waals surface area contributed by atoms with Crippen molar-refractivity contribution < 1.29 is 41.0 Å². The number of anilines is 2. The molecule has 0 bridgehead atoms. The molecule has 0 unspecified atom stereocenters. The molecule has 5 rings (SSSR count). The van der Waals surface area contributed by atoms with Gasteiger partial charge in [0.2, 0.25) is 10.0 Å². The van der Waals surface area contributed by atoms with E-state index in [0.29, 0.717) is 23.2 Å². The van der Waals surface area contributed by atoms with Crippen LogP contribution in [0.1, 0.15) is 26.7 Å². The maximum Gasteiger partial charge on any atom is 0.490 e. The molecule has 4 N–H and O–H groups in total. The Bertz CT molecular complexity index is 1540. The third-order valence-electron chi connectivity index (χ3n) is 6.93. The number of benzene rings is 2. The van der Waals surface area contributed by atoms with Crippen LogP contribution in [0.3, 0.4) is 0 Å². The number of sulfonamides is 1. The summed E-state index contributed by atoms with van der Waals surface area (Å²) in [5.41, 5.74) is 2.27. The monoisotopic (exact) mass is 671 g/mol. The number of thiazole rings is 1. The van der Waals surface area contributed by atoms with Crippen molar-refractivity contribution in [3.63, 3.8) is 0 Å². The van der Waals surface area contributed by atoms with Crippen LogP contribution in [0, 0.1) is 0 Å². The molecule has 16 heteroatoms. The fourth-order valence-corrected chi connectivity index (χ4v) is 5.80. The molecule has 0 amide bonds. The number of aliphatic carboxylic acids is 1. The molecule has 45 heavy (non-hydrogen) atoms. The fourth-order valence-electron chi connectivity index (χ4n) is 4.53. The lowest BCUT2D eigenvalue weighted by atomic mass is 10.2. The van der Waals surface area contributed by atoms with Gasteiger partial charge in [0.1, 0.15) is 18.1 Å². The van der Waals surface area contributed by atoms with E-state index in [1.165, 1.54) is 49.4 Å². The standard InChI is InChI=1S/C27H35N5O4S2.C2HF3O2/c1-19(2)36-26-10-9-23(38(28,33)34)17-24(26)29-27-30-25(18-37-27)20-3-7-22(8-4-20)35-16-15-31-11-13-32(14-12-31)21-5-6-21;3-2(4,5)1(6)7/h3-4,7-10,17-19,21H,5-6,11-16H2,1-2H3,(H,29,30)(H2,28,33,34);(H,6,7). The number of carboxylic acids is 1. The summed E-state index contributed by atoms with van der Waals surface area (Å²) in [7, 11) is -3.85. The largest absolute Gasteiger partial charge is 0.492 e. The molecule has 1 aliphatic carbocycles. The molecule has 0 atom stereocenters. The van der Waals surface area contributed by atoms with E-state index in [-0.39, 0.29) is 11.0 Å². The number of piperazine rings is 1. The zero-order valence-corrected chi connectivity index (χ0v) is 26.4. The number of carboxylic acid groups (broad SMARTS) is 1. The van der Waals surface area contributed by atoms with Crippen molar-refractivity contribution in [3.05, 3.63) is 47.8 Å². The first-order valence-electron chi connectivity index (χ1n) is 14.2. The second-order valence-corrected chi connectivity index (χ2v) is 13.2. The minimum atomic E-state index is -5.08. The van der Waals surface area contributed by atoms with Gasteiger partial charge in [0.15, 0.2) is 5.13 Å². The quantitative estimate of drug-likeness (QED) is 0.260. The van der Waals surface area contributed by atoms with Gasteiger partial charge >= 0.3 is 12.1 Å². The van der Waals surface area contributed by atoms with E-state index in [1.807, 2.05) is 43.5 Å². The summed E-state index contributed by atoms with van der Waals surface area (Å²) >= 11 is 1.42. The zero-order valence-electron chi connectivity index (χ0n) is 24.8. The van der Waals surface area contributed by atoms with Crippen molar-refractivity contribution in [2.24, 2.45) is 5.14 Å². The Morgan fingerprint density at radius 1 is 1.13 bits per heavy atom. The smallest absolute Gasteiger partial charge is 0.490 e. The number of nitrogens with zero attached hydrogens (tertiary/aromatic N) is 3. The summed E-state index contributed by atoms with van der Waals surface area (Å²) < 4.78 is 67.3. The van der Waals surface area contributed by atoms with Gasteiger partial charge in [-0.15, -0.1) is 11.3 Å². The average molecular weight is 672 g/mol. The van der Waals surface area contributed by atoms with Gasteiger partial charge in [-0.05, 0) is 69.2 Å². The van der Waals surface area contributed by atoms with Crippen molar-refractivity contribution in [2.75, 3.05) is 44.6 Å². The van der Waals surface area contributed by atoms with Gasteiger partial charge in [-0.25, -0.2) is 23.3 Å². The molecule has 2 fully saturated rings. The predicted octanol–water partition coefficient (Wildman–Crippen LogP) is 4.78. The summed E-state index contributed by atoms with van der Waals surface area (Å²) in [6, 6.07) is 13.3. The lowest BCUT2D eigenvalue weighted by Crippen LogP contribution is -2.48. The number of nitrogens with one attached hydrogen (secondary N) is 1. The van der Waals surface area contributed by atoms with Gasteiger partial charge < -0.3 is 19.9 Å². The molecular formula is C29H36F3N5O6S2. The maximum absolute atomic E-state index is 11.9. The summed E-state index contributed by atoms with van der Waals surface area (Å²) in [5.74, 6) is -1.39. The lowest BCUT2D eigenvalue weighted by Gasteiger charge is -2.34. The highest BCUT2D eigenvalue weighted by molar-refractivity contribution is 7.89. The number of carbonyl (C=O) groups is 1. The summed E-state index contributed by atoms with van der Waals surface area (Å²) in [6.07, 6.45) is -2.41. The molecule has 1 aromatic heterocycles.